The molecule has 1 atom stereocenters. The lowest BCUT2D eigenvalue weighted by Gasteiger charge is -2.26. The summed E-state index contributed by atoms with van der Waals surface area (Å²) in [5.74, 6) is -0.337. The minimum atomic E-state index is -3.96. The molecule has 1 amide bonds. The molecule has 195 valence electrons. The van der Waals surface area contributed by atoms with Crippen molar-refractivity contribution < 1.29 is 27.2 Å². The fourth-order valence-corrected chi connectivity index (χ4v) is 5.50. The molecule has 0 aliphatic rings. The van der Waals surface area contributed by atoms with Gasteiger partial charge < -0.3 is 13.9 Å². The van der Waals surface area contributed by atoms with E-state index in [1.165, 1.54) is 53.0 Å². The van der Waals surface area contributed by atoms with Gasteiger partial charge in [0.15, 0.2) is 5.58 Å². The quantitative estimate of drug-likeness (QED) is 0.313. The molecule has 10 heteroatoms. The number of furan rings is 1. The van der Waals surface area contributed by atoms with Gasteiger partial charge in [0.1, 0.15) is 11.8 Å². The highest BCUT2D eigenvalue weighted by Gasteiger charge is 2.29. The summed E-state index contributed by atoms with van der Waals surface area (Å²) in [4.78, 5) is 18.1. The first-order chi connectivity index (χ1) is 17.6. The standard InChI is InChI=1S/C27H30N3O6S/c1-19(2)16-30(17-22(31)10-9-20-7-5-4-6-8-20)37(33,34)23-11-12-24-25(15-23)36-27(28-24)29(3)26(32)21-13-14-35-18-21/h4-8,10-15,18-19,22,31H,9,16-17H2,1-3H3. The lowest BCUT2D eigenvalue weighted by Crippen LogP contribution is -2.40. The lowest BCUT2D eigenvalue weighted by molar-refractivity contribution is 0.0988. The summed E-state index contributed by atoms with van der Waals surface area (Å²) in [7, 11) is -2.45. The Hall–Kier alpha value is -3.47. The Bertz CT molecular complexity index is 1430. The van der Waals surface area contributed by atoms with Crippen LogP contribution in [-0.4, -0.2) is 55.0 Å². The molecule has 1 radical (unpaired) electrons. The van der Waals surface area contributed by atoms with E-state index in [9.17, 15) is 18.3 Å². The van der Waals surface area contributed by atoms with Crippen LogP contribution in [0.3, 0.4) is 0 Å². The summed E-state index contributed by atoms with van der Waals surface area (Å²) in [6, 6.07) is 15.6. The second-order valence-corrected chi connectivity index (χ2v) is 11.1. The average molecular weight is 525 g/mol. The maximum Gasteiger partial charge on any atom is 0.305 e. The van der Waals surface area contributed by atoms with Crippen molar-refractivity contribution in [2.24, 2.45) is 5.92 Å². The predicted molar refractivity (Wildman–Crippen MR) is 140 cm³/mol. The Morgan fingerprint density at radius 3 is 2.54 bits per heavy atom. The topological polar surface area (TPSA) is 117 Å². The highest BCUT2D eigenvalue weighted by atomic mass is 32.2. The van der Waals surface area contributed by atoms with Gasteiger partial charge in [-0.1, -0.05) is 44.2 Å². The smallest absolute Gasteiger partial charge is 0.305 e. The first-order valence-corrected chi connectivity index (χ1v) is 13.4. The molecule has 1 unspecified atom stereocenters. The zero-order chi connectivity index (χ0) is 26.6. The van der Waals surface area contributed by atoms with Gasteiger partial charge >= 0.3 is 6.01 Å². The Morgan fingerprint density at radius 2 is 1.86 bits per heavy atom. The SMILES string of the molecule is CC(C)CN(CC(O)[CH]Cc1ccccc1)S(=O)(=O)c1ccc2nc(N(C)C(=O)c3ccoc3)oc2c1. The molecule has 2 aromatic carbocycles. The maximum absolute atomic E-state index is 13.6. The van der Waals surface area contributed by atoms with Crippen LogP contribution >= 0.6 is 0 Å². The maximum atomic E-state index is 13.6. The van der Waals surface area contributed by atoms with Crippen molar-refractivity contribution in [3.8, 4) is 0 Å². The molecular formula is C27H30N3O6S. The second-order valence-electron chi connectivity index (χ2n) is 9.21. The minimum absolute atomic E-state index is 0.0161. The molecular weight excluding hydrogens is 494 g/mol. The minimum Gasteiger partial charge on any atom is -0.472 e. The number of hydrogen-bond acceptors (Lipinski definition) is 7. The van der Waals surface area contributed by atoms with Gasteiger partial charge in [0, 0.05) is 26.2 Å². The molecule has 0 fully saturated rings. The molecule has 0 aliphatic carbocycles. The number of oxazole rings is 1. The number of nitrogens with zero attached hydrogens (tertiary/aromatic N) is 3. The van der Waals surface area contributed by atoms with Crippen LogP contribution in [0.1, 0.15) is 29.8 Å². The highest BCUT2D eigenvalue weighted by Crippen LogP contribution is 2.27. The van der Waals surface area contributed by atoms with E-state index in [-0.39, 0.29) is 41.4 Å². The summed E-state index contributed by atoms with van der Waals surface area (Å²) in [5.41, 5.74) is 2.00. The Morgan fingerprint density at radius 1 is 1.11 bits per heavy atom. The number of amides is 1. The molecule has 9 nitrogen and oxygen atoms in total. The summed E-state index contributed by atoms with van der Waals surface area (Å²) < 4.78 is 39.2. The van der Waals surface area contributed by atoms with Gasteiger partial charge in [-0.15, -0.1) is 0 Å². The Balaban J connectivity index is 1.54. The monoisotopic (exact) mass is 524 g/mol. The highest BCUT2D eigenvalue weighted by molar-refractivity contribution is 7.89. The van der Waals surface area contributed by atoms with Crippen molar-refractivity contribution in [3.63, 3.8) is 0 Å². The fourth-order valence-electron chi connectivity index (χ4n) is 3.86. The molecule has 0 aliphatic heterocycles. The van der Waals surface area contributed by atoms with E-state index < -0.39 is 16.1 Å². The van der Waals surface area contributed by atoms with Crippen LogP contribution in [0.15, 0.2) is 80.9 Å². The first-order valence-electron chi connectivity index (χ1n) is 11.9. The number of rotatable bonds is 11. The van der Waals surface area contributed by atoms with Crippen LogP contribution in [0.25, 0.3) is 11.1 Å². The van der Waals surface area contributed by atoms with Gasteiger partial charge in [-0.05, 0) is 42.5 Å². The first kappa shape index (κ1) is 26.6. The number of sulfonamides is 1. The lowest BCUT2D eigenvalue weighted by atomic mass is 10.1. The van der Waals surface area contributed by atoms with Crippen LogP contribution < -0.4 is 4.90 Å². The zero-order valence-corrected chi connectivity index (χ0v) is 21.8. The molecule has 0 bridgehead atoms. The van der Waals surface area contributed by atoms with E-state index in [1.807, 2.05) is 44.2 Å². The molecule has 4 aromatic rings. The van der Waals surface area contributed by atoms with Crippen molar-refractivity contribution >= 4 is 33.0 Å². The summed E-state index contributed by atoms with van der Waals surface area (Å²) in [6.45, 7) is 4.00. The third-order valence-corrected chi connectivity index (χ3v) is 7.60. The van der Waals surface area contributed by atoms with Crippen LogP contribution in [0.4, 0.5) is 6.01 Å². The summed E-state index contributed by atoms with van der Waals surface area (Å²) in [6.07, 6.45) is 3.99. The van der Waals surface area contributed by atoms with Gasteiger partial charge in [0.2, 0.25) is 10.0 Å². The number of hydrogen-bond donors (Lipinski definition) is 1. The molecule has 0 saturated heterocycles. The van der Waals surface area contributed by atoms with Crippen molar-refractivity contribution in [3.05, 3.63) is 84.7 Å². The van der Waals surface area contributed by atoms with Crippen molar-refractivity contribution in [1.82, 2.24) is 9.29 Å². The van der Waals surface area contributed by atoms with Crippen LogP contribution in [0, 0.1) is 12.3 Å². The third kappa shape index (κ3) is 6.27. The van der Waals surface area contributed by atoms with E-state index in [0.29, 0.717) is 17.5 Å². The summed E-state index contributed by atoms with van der Waals surface area (Å²) >= 11 is 0. The number of aromatic nitrogens is 1. The molecule has 4 rings (SSSR count). The molecule has 2 heterocycles. The number of fused-ring (bicyclic) bond motifs is 1. The molecule has 0 saturated carbocycles. The van der Waals surface area contributed by atoms with E-state index >= 15 is 0 Å². The Labute approximate surface area is 216 Å². The van der Waals surface area contributed by atoms with Gasteiger partial charge in [-0.25, -0.2) is 8.42 Å². The largest absolute Gasteiger partial charge is 0.472 e. The fraction of sp³-hybridized carbons (Fsp3) is 0.296. The normalized spacial score (nSPS) is 12.9. The molecule has 2 aromatic heterocycles. The Kier molecular flexibility index (Phi) is 8.11. The van der Waals surface area contributed by atoms with Gasteiger partial charge in [0.05, 0.1) is 22.8 Å². The average Bonchev–Trinajstić information content (AvgIpc) is 3.56. The molecule has 0 spiro atoms. The van der Waals surface area contributed by atoms with Gasteiger partial charge in [-0.2, -0.15) is 9.29 Å². The summed E-state index contributed by atoms with van der Waals surface area (Å²) in [5, 5.41) is 10.6. The number of carbonyl (C=O) groups excluding carboxylic acids is 1. The second kappa shape index (κ2) is 11.3. The number of benzene rings is 2. The van der Waals surface area contributed by atoms with Crippen LogP contribution in [0.2, 0.25) is 0 Å². The van der Waals surface area contributed by atoms with Crippen molar-refractivity contribution in [2.75, 3.05) is 25.0 Å². The molecule has 37 heavy (non-hydrogen) atoms. The zero-order valence-electron chi connectivity index (χ0n) is 20.9. The van der Waals surface area contributed by atoms with Crippen molar-refractivity contribution in [1.29, 1.82) is 0 Å². The van der Waals surface area contributed by atoms with E-state index in [4.69, 9.17) is 8.83 Å². The number of carbonyl (C=O) groups is 1. The number of anilines is 1. The van der Waals surface area contributed by atoms with Gasteiger partial charge in [-0.3, -0.25) is 9.69 Å². The van der Waals surface area contributed by atoms with E-state index in [2.05, 4.69) is 4.98 Å². The van der Waals surface area contributed by atoms with E-state index in [0.717, 1.165) is 5.56 Å². The van der Waals surface area contributed by atoms with Crippen LogP contribution in [0.5, 0.6) is 0 Å². The molecule has 1 N–H and O–H groups in total. The van der Waals surface area contributed by atoms with Crippen LogP contribution in [-0.2, 0) is 16.4 Å². The van der Waals surface area contributed by atoms with Gasteiger partial charge in [0.25, 0.3) is 5.91 Å². The van der Waals surface area contributed by atoms with Crippen molar-refractivity contribution in [2.45, 2.75) is 31.3 Å². The predicted octanol–water partition coefficient (Wildman–Crippen LogP) is 4.15. The van der Waals surface area contributed by atoms with E-state index in [1.54, 1.807) is 6.42 Å². The number of aliphatic hydroxyl groups excluding tert-OH is 1. The third-order valence-electron chi connectivity index (χ3n) is 5.77. The number of aliphatic hydroxyl groups is 1.